The van der Waals surface area contributed by atoms with Gasteiger partial charge in [0.25, 0.3) is 0 Å². The molecule has 4 heteroatoms. The molecule has 0 bridgehead atoms. The molecule has 4 nitrogen and oxygen atoms in total. The molecule has 0 aliphatic heterocycles. The number of hydrogen-bond donors (Lipinski definition) is 1. The van der Waals surface area contributed by atoms with Crippen molar-refractivity contribution >= 4 is 10.8 Å². The van der Waals surface area contributed by atoms with E-state index in [0.29, 0.717) is 12.5 Å². The highest BCUT2D eigenvalue weighted by molar-refractivity contribution is 5.87. The molecule has 106 valence electrons. The van der Waals surface area contributed by atoms with Crippen LogP contribution in [0.3, 0.4) is 0 Å². The monoisotopic (exact) mass is 272 g/mol. The summed E-state index contributed by atoms with van der Waals surface area (Å²) >= 11 is 0. The summed E-state index contributed by atoms with van der Waals surface area (Å²) in [5, 5.41) is 2.06. The second-order valence-corrected chi connectivity index (χ2v) is 5.56. The molecule has 2 N–H and O–H groups in total. The van der Waals surface area contributed by atoms with E-state index in [9.17, 15) is 0 Å². The zero-order valence-electron chi connectivity index (χ0n) is 11.8. The Kier molecular flexibility index (Phi) is 3.49. The zero-order chi connectivity index (χ0) is 14.0. The van der Waals surface area contributed by atoms with E-state index < -0.39 is 0 Å². The molecule has 1 aliphatic rings. The maximum atomic E-state index is 6.32. The topological polar surface area (TPSA) is 57.4 Å². The van der Waals surface area contributed by atoms with Crippen LogP contribution in [0.2, 0.25) is 0 Å². The van der Waals surface area contributed by atoms with Crippen molar-refractivity contribution in [3.8, 4) is 11.6 Å². The van der Waals surface area contributed by atoms with Gasteiger partial charge >= 0.3 is 0 Å². The number of nitrogens with two attached hydrogens (primary N) is 1. The highest BCUT2D eigenvalue weighted by atomic mass is 16.5. The molecule has 0 unspecified atom stereocenters. The summed E-state index contributed by atoms with van der Waals surface area (Å²) < 4.78 is 11.1. The molecule has 1 heterocycles. The quantitative estimate of drug-likeness (QED) is 0.929. The number of nitrogens with zero attached hydrogens (tertiary/aromatic N) is 1. The molecule has 1 aliphatic carbocycles. The molecule has 2 aromatic rings. The Balaban J connectivity index is 1.84. The summed E-state index contributed by atoms with van der Waals surface area (Å²) in [5.41, 5.74) is 6.14. The second-order valence-electron chi connectivity index (χ2n) is 5.56. The zero-order valence-corrected chi connectivity index (χ0v) is 11.8. The van der Waals surface area contributed by atoms with Crippen LogP contribution in [0.5, 0.6) is 11.6 Å². The van der Waals surface area contributed by atoms with Crippen molar-refractivity contribution in [1.82, 2.24) is 4.98 Å². The summed E-state index contributed by atoms with van der Waals surface area (Å²) in [4.78, 5) is 4.34. The van der Waals surface area contributed by atoms with Crippen LogP contribution in [-0.2, 0) is 0 Å². The fraction of sp³-hybridized carbons (Fsp3) is 0.438. The molecular weight excluding hydrogens is 252 g/mol. The van der Waals surface area contributed by atoms with Crippen molar-refractivity contribution < 1.29 is 9.47 Å². The van der Waals surface area contributed by atoms with Crippen molar-refractivity contribution in [2.45, 2.75) is 31.2 Å². The largest absolute Gasteiger partial charge is 0.497 e. The minimum Gasteiger partial charge on any atom is -0.497 e. The van der Waals surface area contributed by atoms with Gasteiger partial charge in [0.05, 0.1) is 12.6 Å². The van der Waals surface area contributed by atoms with Crippen molar-refractivity contribution in [3.05, 3.63) is 30.5 Å². The van der Waals surface area contributed by atoms with Crippen LogP contribution in [0.25, 0.3) is 10.8 Å². The Bertz CT molecular complexity index is 606. The van der Waals surface area contributed by atoms with E-state index in [4.69, 9.17) is 15.2 Å². The summed E-state index contributed by atoms with van der Waals surface area (Å²) in [6, 6.07) is 7.84. The first-order valence-corrected chi connectivity index (χ1v) is 7.05. The van der Waals surface area contributed by atoms with Gasteiger partial charge in [0, 0.05) is 11.6 Å². The van der Waals surface area contributed by atoms with Gasteiger partial charge in [-0.15, -0.1) is 0 Å². The van der Waals surface area contributed by atoms with Crippen molar-refractivity contribution in [2.24, 2.45) is 5.73 Å². The van der Waals surface area contributed by atoms with Crippen LogP contribution in [0.1, 0.15) is 25.7 Å². The van der Waals surface area contributed by atoms with Gasteiger partial charge in [0.2, 0.25) is 5.88 Å². The van der Waals surface area contributed by atoms with Crippen LogP contribution < -0.4 is 15.2 Å². The number of methoxy groups -OCH3 is 1. The van der Waals surface area contributed by atoms with Crippen LogP contribution in [0.15, 0.2) is 30.5 Å². The number of rotatable bonds is 4. The van der Waals surface area contributed by atoms with Gasteiger partial charge in [0.15, 0.2) is 0 Å². The van der Waals surface area contributed by atoms with Crippen molar-refractivity contribution in [1.29, 1.82) is 0 Å². The van der Waals surface area contributed by atoms with Gasteiger partial charge in [-0.25, -0.2) is 4.98 Å². The maximum Gasteiger partial charge on any atom is 0.221 e. The predicted molar refractivity (Wildman–Crippen MR) is 79.2 cm³/mol. The SMILES string of the molecule is COc1ccc2c(OCC3(N)CCCC3)nccc2c1. The molecule has 1 saturated carbocycles. The average Bonchev–Trinajstić information content (AvgIpc) is 2.91. The lowest BCUT2D eigenvalue weighted by molar-refractivity contribution is 0.216. The maximum absolute atomic E-state index is 6.32. The van der Waals surface area contributed by atoms with E-state index in [1.807, 2.05) is 24.3 Å². The van der Waals surface area contributed by atoms with Gasteiger partial charge in [-0.3, -0.25) is 0 Å². The number of fused-ring (bicyclic) bond motifs is 1. The number of benzene rings is 1. The standard InChI is InChI=1S/C16H20N2O2/c1-19-13-4-5-14-12(10-13)6-9-18-15(14)20-11-16(17)7-2-3-8-16/h4-6,9-10H,2-3,7-8,11,17H2,1H3. The Morgan fingerprint density at radius 3 is 2.80 bits per heavy atom. The van der Waals surface area contributed by atoms with E-state index in [-0.39, 0.29) is 5.54 Å². The molecule has 0 spiro atoms. The van der Waals surface area contributed by atoms with Gasteiger partial charge < -0.3 is 15.2 Å². The first kappa shape index (κ1) is 13.2. The lowest BCUT2D eigenvalue weighted by Gasteiger charge is -2.23. The molecule has 3 rings (SSSR count). The molecule has 0 amide bonds. The minimum absolute atomic E-state index is 0.184. The lowest BCUT2D eigenvalue weighted by atomic mass is 10.0. The van der Waals surface area contributed by atoms with Crippen LogP contribution >= 0.6 is 0 Å². The second kappa shape index (κ2) is 5.29. The number of hydrogen-bond acceptors (Lipinski definition) is 4. The van der Waals surface area contributed by atoms with E-state index in [0.717, 1.165) is 29.4 Å². The average molecular weight is 272 g/mol. The summed E-state index contributed by atoms with van der Waals surface area (Å²) in [7, 11) is 1.66. The van der Waals surface area contributed by atoms with E-state index >= 15 is 0 Å². The molecular formula is C16H20N2O2. The molecule has 20 heavy (non-hydrogen) atoms. The number of aromatic nitrogens is 1. The molecule has 0 saturated heterocycles. The first-order valence-electron chi connectivity index (χ1n) is 7.05. The predicted octanol–water partition coefficient (Wildman–Crippen LogP) is 2.89. The third kappa shape index (κ3) is 2.56. The van der Waals surface area contributed by atoms with Gasteiger partial charge in [-0.1, -0.05) is 12.8 Å². The summed E-state index contributed by atoms with van der Waals surface area (Å²) in [6.07, 6.45) is 6.21. The smallest absolute Gasteiger partial charge is 0.221 e. The highest BCUT2D eigenvalue weighted by Crippen LogP contribution is 2.30. The molecule has 1 aromatic carbocycles. The van der Waals surface area contributed by atoms with E-state index in [1.165, 1.54) is 12.8 Å². The van der Waals surface area contributed by atoms with Crippen molar-refractivity contribution in [3.63, 3.8) is 0 Å². The van der Waals surface area contributed by atoms with Gasteiger partial charge in [-0.2, -0.15) is 0 Å². The number of pyridine rings is 1. The molecule has 1 fully saturated rings. The van der Waals surface area contributed by atoms with Crippen molar-refractivity contribution in [2.75, 3.05) is 13.7 Å². The third-order valence-corrected chi connectivity index (χ3v) is 4.03. The summed E-state index contributed by atoms with van der Waals surface area (Å²) in [6.45, 7) is 0.533. The fourth-order valence-electron chi connectivity index (χ4n) is 2.81. The molecule has 0 radical (unpaired) electrons. The molecule has 1 aromatic heterocycles. The van der Waals surface area contributed by atoms with Crippen LogP contribution in [-0.4, -0.2) is 24.2 Å². The Morgan fingerprint density at radius 2 is 2.05 bits per heavy atom. The van der Waals surface area contributed by atoms with E-state index in [1.54, 1.807) is 13.3 Å². The van der Waals surface area contributed by atoms with E-state index in [2.05, 4.69) is 4.98 Å². The number of ether oxygens (including phenoxy) is 2. The Hall–Kier alpha value is -1.81. The minimum atomic E-state index is -0.184. The van der Waals surface area contributed by atoms with Crippen LogP contribution in [0, 0.1) is 0 Å². The molecule has 0 atom stereocenters. The fourth-order valence-corrected chi connectivity index (χ4v) is 2.81. The Morgan fingerprint density at radius 1 is 1.25 bits per heavy atom. The Labute approximate surface area is 118 Å². The lowest BCUT2D eigenvalue weighted by Crippen LogP contribution is -2.42. The normalized spacial score (nSPS) is 17.3. The van der Waals surface area contributed by atoms with Gasteiger partial charge in [-0.05, 0) is 42.5 Å². The van der Waals surface area contributed by atoms with Gasteiger partial charge in [0.1, 0.15) is 12.4 Å². The first-order chi connectivity index (χ1) is 9.70. The summed E-state index contributed by atoms with van der Waals surface area (Å²) in [5.74, 6) is 1.49. The highest BCUT2D eigenvalue weighted by Gasteiger charge is 2.30. The van der Waals surface area contributed by atoms with Crippen LogP contribution in [0.4, 0.5) is 0 Å². The third-order valence-electron chi connectivity index (χ3n) is 4.03.